The lowest BCUT2D eigenvalue weighted by atomic mass is 10.0. The molecule has 46 nitrogen and oxygen atoms in total. The number of carboxylic acid groups (broad SMARTS) is 1. The lowest BCUT2D eigenvalue weighted by Crippen LogP contribution is -2.62. The van der Waals surface area contributed by atoms with Gasteiger partial charge in [0.1, 0.15) is 97.2 Å². The summed E-state index contributed by atoms with van der Waals surface area (Å²) >= 11 is 4.25. The number of nitrogens with two attached hydrogens (primary N) is 4. The topological polar surface area (TPSA) is 749 Å². The van der Waals surface area contributed by atoms with Gasteiger partial charge in [-0.25, -0.2) is 0 Å². The van der Waals surface area contributed by atoms with Crippen LogP contribution < -0.4 is 108 Å². The van der Waals surface area contributed by atoms with Gasteiger partial charge in [-0.2, -0.15) is 47.0 Å². The fourth-order valence-electron chi connectivity index (χ4n) is 13.1. The molecule has 4 bridgehead atoms. The Labute approximate surface area is 754 Å². The van der Waals surface area contributed by atoms with Crippen LogP contribution in [0.15, 0.2) is 48.5 Å². The summed E-state index contributed by atoms with van der Waals surface area (Å²) in [6.07, 6.45) is -1.25. The van der Waals surface area contributed by atoms with Crippen molar-refractivity contribution in [3.05, 3.63) is 70.8 Å². The summed E-state index contributed by atoms with van der Waals surface area (Å²) in [5, 5.41) is 99.1. The predicted molar refractivity (Wildman–Crippen MR) is 469 cm³/mol. The highest BCUT2D eigenvalue weighted by atomic mass is 32.2. The number of hydrogen-bond donors (Lipinski definition) is 26. The molecule has 0 aliphatic carbocycles. The Balaban J connectivity index is 1.75. The lowest BCUT2D eigenvalue weighted by molar-refractivity contribution is -0.143. The van der Waals surface area contributed by atoms with Crippen molar-refractivity contribution < 1.29 is 117 Å². The van der Waals surface area contributed by atoms with Gasteiger partial charge in [-0.3, -0.25) is 96.5 Å². The molecule has 0 radical (unpaired) electrons. The van der Waals surface area contributed by atoms with Gasteiger partial charge in [0.25, 0.3) is 0 Å². The van der Waals surface area contributed by atoms with E-state index in [0.29, 0.717) is 22.3 Å². The standard InChI is InChI=1S/C78H118N22O24S4/c1-38(2)21-48-69(116)99-57-37-128-34-44-23-42(32-126-35-55(64(111)85-27-61(107)108)98-67(114)47(17-20-125-5)89-66(113)46(15-16-59(80)105)88-72(119)52(29-102)94-73(120)53(30-103)95-76(123)58-14-10-19-100(58)77(124)54(31-104)96-75(57)122)22-43(24-44)33-127-36-56(97-62(109)39(3)79)74(121)92-50(26-60(81)106)70(117)93-51(28-101)71(118)87-45(13-9-18-84-78(82)83)65(112)91-49(25-41-11-7-6-8-12-41)68(115)86-40(4)63(110)90-48/h6-8,11-12,22-24,38-40,45-58,101-104H,9-10,13-21,25-37,79H2,1-5H3,(H2,80,105)(H2,81,106)(H,85,111)(H,86,115)(H,87,118)(H,88,119)(H,89,113)(H,90,110)(H,91,112)(H,92,121)(H,93,117)(H,94,120)(H,95,123)(H,96,122)(H,97,109)(H,98,114)(H,99,116)(H,107,108)(H4,82,83,84)/t39-,40-,45-,46-,47-,48-,49-,50-,51-,52-,53-,54-,55-,56-,57-,58-/m0/s1. The molecule has 0 spiro atoms. The molecule has 3 aliphatic rings. The highest BCUT2D eigenvalue weighted by Crippen LogP contribution is 2.26. The zero-order valence-electron chi connectivity index (χ0n) is 71.3. The third-order valence-corrected chi connectivity index (χ3v) is 23.8. The second-order valence-electron chi connectivity index (χ2n) is 30.8. The molecule has 1 fully saturated rings. The van der Waals surface area contributed by atoms with E-state index in [1.165, 1.54) is 25.6 Å². The fraction of sp³-hybridized carbons (Fsp3) is 0.590. The summed E-state index contributed by atoms with van der Waals surface area (Å²) in [7, 11) is 0. The molecule has 5 rings (SSSR count). The largest absolute Gasteiger partial charge is 0.480 e. The molecule has 0 unspecified atom stereocenters. The minimum absolute atomic E-state index is 0.0156. The van der Waals surface area contributed by atoms with Crippen LogP contribution in [0.3, 0.4) is 0 Å². The third-order valence-electron chi connectivity index (χ3n) is 19.8. The average molecular weight is 1880 g/mol. The summed E-state index contributed by atoms with van der Waals surface area (Å²) in [6.45, 7) is 0.0630. The fourth-order valence-corrected chi connectivity index (χ4v) is 16.5. The molecule has 2 aromatic carbocycles. The molecule has 0 saturated carbocycles. The summed E-state index contributed by atoms with van der Waals surface area (Å²) in [4.78, 5) is 268. The molecule has 708 valence electrons. The van der Waals surface area contributed by atoms with Gasteiger partial charge >= 0.3 is 5.97 Å². The Kier molecular flexibility index (Phi) is 46.0. The van der Waals surface area contributed by atoms with E-state index >= 15 is 9.59 Å². The third kappa shape index (κ3) is 36.5. The maximum Gasteiger partial charge on any atom is 0.322 e. The second-order valence-corrected chi connectivity index (χ2v) is 34.9. The Bertz CT molecular complexity index is 4260. The number of carboxylic acids is 1. The van der Waals surface area contributed by atoms with Crippen LogP contribution in [0, 0.1) is 11.3 Å². The molecule has 2 aromatic rings. The molecule has 3 heterocycles. The van der Waals surface area contributed by atoms with E-state index in [-0.39, 0.29) is 92.6 Å². The number of carbonyl (C=O) groups excluding carboxylic acids is 18. The SMILES string of the molecule is CSCC[C@@H]1NC(=O)[C@H](CCC(N)=O)NC(=O)[C@H](CO)NC(=O)[C@H](CO)NC(=O)[C@@H]2CCCN2C(=O)[C@H](CO)NC(=O)[C@@H]2CSCc3cc(cc(c3)CSC[C@@H](C(=O)NCC(=O)O)NC1=O)CSC[C@H](NC(=O)[C@H](C)N)C(=O)N[C@@H](CC(N)=O)C(=O)N[C@@H](CO)C(=O)N[C@@H](CCCNC(=N)N)C(=O)N[C@@H](Cc1ccccc1)C(=O)N[C@@H](C)C(=O)N[C@@H](CC(C)C)C(=O)N2. The molecule has 50 heteroatoms. The van der Waals surface area contributed by atoms with Gasteiger partial charge in [-0.05, 0) is 99.0 Å². The van der Waals surface area contributed by atoms with Crippen LogP contribution in [0.2, 0.25) is 0 Å². The van der Waals surface area contributed by atoms with Crippen molar-refractivity contribution in [2.24, 2.45) is 28.9 Å². The van der Waals surface area contributed by atoms with Crippen LogP contribution in [-0.2, 0) is 115 Å². The van der Waals surface area contributed by atoms with Crippen molar-refractivity contribution in [1.82, 2.24) is 90.0 Å². The number of benzene rings is 2. The molecular weight excluding hydrogens is 1760 g/mol. The van der Waals surface area contributed by atoms with Gasteiger partial charge in [0.15, 0.2) is 5.96 Å². The Morgan fingerprint density at radius 1 is 0.531 bits per heavy atom. The summed E-state index contributed by atoms with van der Waals surface area (Å²) in [5.74, 6) is -23.1. The van der Waals surface area contributed by atoms with Gasteiger partial charge in [0, 0.05) is 60.4 Å². The first-order chi connectivity index (χ1) is 60.7. The first-order valence-electron chi connectivity index (χ1n) is 41.0. The van der Waals surface area contributed by atoms with Crippen molar-refractivity contribution in [1.29, 1.82) is 5.41 Å². The maximum absolute atomic E-state index is 15.1. The molecule has 18 amide bonds. The van der Waals surface area contributed by atoms with Gasteiger partial charge in [-0.15, -0.1) is 0 Å². The number of nitrogens with zero attached hydrogens (tertiary/aromatic N) is 1. The number of rotatable bonds is 25. The smallest absolute Gasteiger partial charge is 0.322 e. The van der Waals surface area contributed by atoms with E-state index < -0.39 is 279 Å². The Morgan fingerprint density at radius 2 is 1.00 bits per heavy atom. The highest BCUT2D eigenvalue weighted by Gasteiger charge is 2.42. The minimum Gasteiger partial charge on any atom is -0.480 e. The van der Waals surface area contributed by atoms with E-state index in [1.807, 2.05) is 0 Å². The van der Waals surface area contributed by atoms with E-state index in [0.717, 1.165) is 40.2 Å². The number of amides is 18. The van der Waals surface area contributed by atoms with Gasteiger partial charge in [0.05, 0.1) is 38.9 Å². The number of fused-ring (bicyclic) bond motifs is 6. The number of hydrogen-bond acceptors (Lipinski definition) is 29. The first kappa shape index (κ1) is 107. The second kappa shape index (κ2) is 54.9. The number of aliphatic carboxylic acids is 1. The molecule has 0 aromatic heterocycles. The first-order valence-corrected chi connectivity index (χ1v) is 45.8. The van der Waals surface area contributed by atoms with E-state index in [9.17, 15) is 107 Å². The summed E-state index contributed by atoms with van der Waals surface area (Å²) in [6, 6.07) is -13.8. The molecule has 16 atom stereocenters. The number of aliphatic hydroxyl groups excluding tert-OH is 4. The monoisotopic (exact) mass is 1870 g/mol. The van der Waals surface area contributed by atoms with Crippen LogP contribution in [0.1, 0.15) is 108 Å². The molecule has 30 N–H and O–H groups in total. The zero-order valence-corrected chi connectivity index (χ0v) is 74.6. The zero-order chi connectivity index (χ0) is 95.0. The van der Waals surface area contributed by atoms with E-state index in [4.69, 9.17) is 28.3 Å². The summed E-state index contributed by atoms with van der Waals surface area (Å²) < 4.78 is 0. The van der Waals surface area contributed by atoms with Crippen molar-refractivity contribution >= 4 is 165 Å². The quantitative estimate of drug-likeness (QED) is 0.0249. The maximum atomic E-state index is 15.1. The molecular formula is C78H118N22O24S4. The molecule has 3 aliphatic heterocycles. The van der Waals surface area contributed by atoms with Crippen molar-refractivity contribution in [2.75, 3.05) is 75.3 Å². The van der Waals surface area contributed by atoms with Crippen molar-refractivity contribution in [3.63, 3.8) is 0 Å². The normalized spacial score (nSPS) is 25.6. The van der Waals surface area contributed by atoms with Gasteiger partial charge in [0.2, 0.25) is 106 Å². The van der Waals surface area contributed by atoms with Crippen molar-refractivity contribution in [2.45, 2.75) is 206 Å². The van der Waals surface area contributed by atoms with E-state index in [2.05, 4.69) is 85.1 Å². The van der Waals surface area contributed by atoms with Crippen LogP contribution in [-0.4, -0.2) is 321 Å². The van der Waals surface area contributed by atoms with Crippen LogP contribution in [0.4, 0.5) is 0 Å². The summed E-state index contributed by atoms with van der Waals surface area (Å²) in [5.41, 5.74) is 24.4. The highest BCUT2D eigenvalue weighted by molar-refractivity contribution is 7.99. The van der Waals surface area contributed by atoms with Gasteiger partial charge in [-0.1, -0.05) is 62.4 Å². The van der Waals surface area contributed by atoms with E-state index in [1.54, 1.807) is 68.6 Å². The number of carbonyl (C=O) groups is 19. The number of thioether (sulfide) groups is 4. The number of primary amides is 2. The van der Waals surface area contributed by atoms with Crippen molar-refractivity contribution in [3.8, 4) is 0 Å². The number of nitrogens with one attached hydrogen (secondary N) is 17. The molecule has 1 saturated heterocycles. The van der Waals surface area contributed by atoms with Crippen LogP contribution in [0.5, 0.6) is 0 Å². The average Bonchev–Trinajstić information content (AvgIpc) is 1.65. The Hall–Kier alpha value is -11.2. The van der Waals surface area contributed by atoms with Crippen LogP contribution in [0.25, 0.3) is 0 Å². The van der Waals surface area contributed by atoms with Crippen LogP contribution >= 0.6 is 47.0 Å². The molecule has 128 heavy (non-hydrogen) atoms. The lowest BCUT2D eigenvalue weighted by Gasteiger charge is -2.30. The Morgan fingerprint density at radius 3 is 1.52 bits per heavy atom. The number of guanidine groups is 1. The minimum atomic E-state index is -1.97. The number of aliphatic hydroxyl groups is 4. The predicted octanol–water partition coefficient (Wildman–Crippen LogP) is -9.83. The van der Waals surface area contributed by atoms with Gasteiger partial charge < -0.3 is 138 Å².